The molecule has 0 aliphatic carbocycles. The van der Waals surface area contributed by atoms with Crippen molar-refractivity contribution in [3.8, 4) is 0 Å². The zero-order chi connectivity index (χ0) is 14.7. The van der Waals surface area contributed by atoms with E-state index >= 15 is 0 Å². The first-order chi connectivity index (χ1) is 10.2. The van der Waals surface area contributed by atoms with E-state index in [1.165, 1.54) is 11.3 Å². The zero-order valence-corrected chi connectivity index (χ0v) is 12.7. The van der Waals surface area contributed by atoms with Gasteiger partial charge in [0.15, 0.2) is 4.96 Å². The Labute approximate surface area is 126 Å². The summed E-state index contributed by atoms with van der Waals surface area (Å²) in [5, 5.41) is 6.06. The Morgan fingerprint density at radius 3 is 3.10 bits per heavy atom. The molecule has 0 aliphatic rings. The molecule has 0 amide bonds. The predicted molar refractivity (Wildman–Crippen MR) is 82.5 cm³/mol. The molecule has 110 valence electrons. The minimum atomic E-state index is -0.0128. The highest BCUT2D eigenvalue weighted by Gasteiger charge is 2.06. The summed E-state index contributed by atoms with van der Waals surface area (Å²) in [4.78, 5) is 19.4. The molecule has 0 radical (unpaired) electrons. The molecule has 0 unspecified atom stereocenters. The van der Waals surface area contributed by atoms with Crippen LogP contribution in [0.4, 0.5) is 0 Å². The average molecular weight is 303 g/mol. The van der Waals surface area contributed by atoms with Crippen molar-refractivity contribution in [3.05, 3.63) is 52.2 Å². The Balaban J connectivity index is 1.58. The highest BCUT2D eigenvalue weighted by Crippen LogP contribution is 2.08. The summed E-state index contributed by atoms with van der Waals surface area (Å²) in [6.07, 6.45) is 6.52. The second kappa shape index (κ2) is 6.19. The van der Waals surface area contributed by atoms with Gasteiger partial charge in [-0.05, 0) is 19.5 Å². The lowest BCUT2D eigenvalue weighted by molar-refractivity contribution is 0.308. The predicted octanol–water partition coefficient (Wildman–Crippen LogP) is 1.47. The number of aromatic nitrogens is 4. The molecular formula is C14H17N5OS. The molecule has 3 rings (SSSR count). The fourth-order valence-corrected chi connectivity index (χ4v) is 3.00. The zero-order valence-electron chi connectivity index (χ0n) is 11.8. The molecule has 21 heavy (non-hydrogen) atoms. The van der Waals surface area contributed by atoms with E-state index in [0.29, 0.717) is 6.54 Å². The molecule has 0 saturated heterocycles. The number of hydrogen-bond acceptors (Lipinski definition) is 5. The van der Waals surface area contributed by atoms with Gasteiger partial charge >= 0.3 is 0 Å². The molecule has 6 nitrogen and oxygen atoms in total. The summed E-state index contributed by atoms with van der Waals surface area (Å²) in [7, 11) is 2.04. The van der Waals surface area contributed by atoms with Crippen LogP contribution in [-0.4, -0.2) is 37.7 Å². The first-order valence-corrected chi connectivity index (χ1v) is 7.72. The Bertz CT molecular complexity index is 761. The van der Waals surface area contributed by atoms with Gasteiger partial charge in [-0.1, -0.05) is 0 Å². The van der Waals surface area contributed by atoms with E-state index in [0.717, 1.165) is 30.2 Å². The van der Waals surface area contributed by atoms with Crippen LogP contribution in [0, 0.1) is 0 Å². The van der Waals surface area contributed by atoms with E-state index in [2.05, 4.69) is 15.0 Å². The molecule has 3 aromatic heterocycles. The lowest BCUT2D eigenvalue weighted by Gasteiger charge is -2.15. The number of hydrogen-bond donors (Lipinski definition) is 0. The number of fused-ring (bicyclic) bond motifs is 1. The van der Waals surface area contributed by atoms with Crippen LogP contribution in [0.15, 0.2) is 40.9 Å². The number of aryl methyl sites for hydroxylation is 1. The molecule has 0 saturated carbocycles. The molecule has 0 fully saturated rings. The van der Waals surface area contributed by atoms with Crippen molar-refractivity contribution in [2.24, 2.45) is 0 Å². The molecular weight excluding hydrogens is 286 g/mol. The van der Waals surface area contributed by atoms with Crippen molar-refractivity contribution in [2.45, 2.75) is 19.5 Å². The smallest absolute Gasteiger partial charge is 0.258 e. The third-order valence-corrected chi connectivity index (χ3v) is 4.03. The fourth-order valence-electron chi connectivity index (χ4n) is 2.26. The van der Waals surface area contributed by atoms with E-state index in [4.69, 9.17) is 0 Å². The van der Waals surface area contributed by atoms with Crippen molar-refractivity contribution in [1.82, 2.24) is 24.1 Å². The van der Waals surface area contributed by atoms with Gasteiger partial charge in [-0.25, -0.2) is 4.98 Å². The number of thiazole rings is 1. The van der Waals surface area contributed by atoms with Gasteiger partial charge in [0.1, 0.15) is 0 Å². The molecule has 0 atom stereocenters. The van der Waals surface area contributed by atoms with Crippen molar-refractivity contribution < 1.29 is 0 Å². The van der Waals surface area contributed by atoms with Crippen LogP contribution < -0.4 is 5.56 Å². The minimum absolute atomic E-state index is 0.0128. The summed E-state index contributed by atoms with van der Waals surface area (Å²) in [6.45, 7) is 2.52. The highest BCUT2D eigenvalue weighted by atomic mass is 32.1. The quantitative estimate of drug-likeness (QED) is 0.692. The summed E-state index contributed by atoms with van der Waals surface area (Å²) in [5.41, 5.74) is 0.810. The maximum absolute atomic E-state index is 11.9. The molecule has 0 aromatic carbocycles. The lowest BCUT2D eigenvalue weighted by Crippen LogP contribution is -2.23. The van der Waals surface area contributed by atoms with Gasteiger partial charge in [0.25, 0.3) is 5.56 Å². The van der Waals surface area contributed by atoms with E-state index in [9.17, 15) is 4.79 Å². The topological polar surface area (TPSA) is 55.4 Å². The Morgan fingerprint density at radius 1 is 1.38 bits per heavy atom. The van der Waals surface area contributed by atoms with Gasteiger partial charge in [0, 0.05) is 49.7 Å². The number of nitrogens with zero attached hydrogens (tertiary/aromatic N) is 5. The lowest BCUT2D eigenvalue weighted by atomic mass is 10.3. The molecule has 0 bridgehead atoms. The van der Waals surface area contributed by atoms with Crippen LogP contribution in [0.3, 0.4) is 0 Å². The van der Waals surface area contributed by atoms with Crippen molar-refractivity contribution in [1.29, 1.82) is 0 Å². The standard InChI is InChI=1S/C14H17N5OS/c1-17(5-3-7-18-6-2-4-15-18)11-12-10-13(20)19-8-9-21-14(19)16-12/h2,4,6,8-10H,3,5,7,11H2,1H3. The molecule has 7 heteroatoms. The van der Waals surface area contributed by atoms with Crippen LogP contribution >= 0.6 is 11.3 Å². The minimum Gasteiger partial charge on any atom is -0.300 e. The van der Waals surface area contributed by atoms with Gasteiger partial charge in [0.2, 0.25) is 0 Å². The molecule has 3 aromatic rings. The second-order valence-corrected chi connectivity index (χ2v) is 5.87. The fraction of sp³-hybridized carbons (Fsp3) is 0.357. The van der Waals surface area contributed by atoms with Crippen molar-refractivity contribution >= 4 is 16.3 Å². The largest absolute Gasteiger partial charge is 0.300 e. The second-order valence-electron chi connectivity index (χ2n) is 5.00. The van der Waals surface area contributed by atoms with Gasteiger partial charge in [-0.2, -0.15) is 5.10 Å². The van der Waals surface area contributed by atoms with E-state index in [1.54, 1.807) is 22.9 Å². The Hall–Kier alpha value is -1.99. The molecule has 0 N–H and O–H groups in total. The van der Waals surface area contributed by atoms with Crippen LogP contribution in [0.1, 0.15) is 12.1 Å². The summed E-state index contributed by atoms with van der Waals surface area (Å²) in [6, 6.07) is 3.54. The first-order valence-electron chi connectivity index (χ1n) is 6.84. The van der Waals surface area contributed by atoms with Gasteiger partial charge in [-0.3, -0.25) is 13.9 Å². The molecule has 3 heterocycles. The summed E-state index contributed by atoms with van der Waals surface area (Å²) in [5.74, 6) is 0. The van der Waals surface area contributed by atoms with E-state index in [-0.39, 0.29) is 5.56 Å². The SMILES string of the molecule is CN(CCCn1cccn1)Cc1cc(=O)n2ccsc2n1. The first kappa shape index (κ1) is 14.0. The van der Waals surface area contributed by atoms with Crippen molar-refractivity contribution in [3.63, 3.8) is 0 Å². The molecule has 0 spiro atoms. The third-order valence-electron chi connectivity index (χ3n) is 3.27. The van der Waals surface area contributed by atoms with Gasteiger partial charge in [0.05, 0.1) is 5.69 Å². The van der Waals surface area contributed by atoms with Crippen LogP contribution in [0.25, 0.3) is 4.96 Å². The van der Waals surface area contributed by atoms with Crippen LogP contribution in [0.2, 0.25) is 0 Å². The average Bonchev–Trinajstić information content (AvgIpc) is 3.09. The van der Waals surface area contributed by atoms with E-state index in [1.807, 2.05) is 29.4 Å². The van der Waals surface area contributed by atoms with Gasteiger partial charge < -0.3 is 4.90 Å². The maximum Gasteiger partial charge on any atom is 0.258 e. The monoisotopic (exact) mass is 303 g/mol. The van der Waals surface area contributed by atoms with Crippen LogP contribution in [-0.2, 0) is 13.1 Å². The summed E-state index contributed by atoms with van der Waals surface area (Å²) < 4.78 is 3.50. The Kier molecular flexibility index (Phi) is 4.12. The normalized spacial score (nSPS) is 11.5. The maximum atomic E-state index is 11.9. The van der Waals surface area contributed by atoms with Gasteiger partial charge in [-0.15, -0.1) is 11.3 Å². The summed E-state index contributed by atoms with van der Waals surface area (Å²) >= 11 is 1.48. The Morgan fingerprint density at radius 2 is 2.29 bits per heavy atom. The number of rotatable bonds is 6. The highest BCUT2D eigenvalue weighted by molar-refractivity contribution is 7.15. The van der Waals surface area contributed by atoms with Crippen molar-refractivity contribution in [2.75, 3.05) is 13.6 Å². The van der Waals surface area contributed by atoms with Crippen LogP contribution in [0.5, 0.6) is 0 Å². The molecule has 0 aliphatic heterocycles. The van der Waals surface area contributed by atoms with E-state index < -0.39 is 0 Å². The third kappa shape index (κ3) is 3.37.